The van der Waals surface area contributed by atoms with Crippen LogP contribution in [-0.4, -0.2) is 19.9 Å². The molecule has 0 atom stereocenters. The predicted molar refractivity (Wildman–Crippen MR) is 73.9 cm³/mol. The number of rotatable bonds is 5. The van der Waals surface area contributed by atoms with E-state index in [2.05, 4.69) is 9.71 Å². The number of sulfonamides is 1. The summed E-state index contributed by atoms with van der Waals surface area (Å²) in [5, 5.41) is 0. The molecule has 0 aliphatic carbocycles. The van der Waals surface area contributed by atoms with Crippen LogP contribution in [0.4, 0.5) is 10.1 Å². The Morgan fingerprint density at radius 2 is 2.05 bits per heavy atom. The van der Waals surface area contributed by atoms with Crippen LogP contribution in [0.5, 0.6) is 0 Å². The molecular formula is C13H14FN3O2S. The summed E-state index contributed by atoms with van der Waals surface area (Å²) < 4.78 is 39.8. The fraction of sp³-hybridized carbons (Fsp3) is 0.154. The van der Waals surface area contributed by atoms with Crippen molar-refractivity contribution in [1.82, 2.24) is 9.71 Å². The van der Waals surface area contributed by atoms with Gasteiger partial charge in [0.25, 0.3) is 0 Å². The van der Waals surface area contributed by atoms with Crippen molar-refractivity contribution in [2.75, 3.05) is 12.3 Å². The summed E-state index contributed by atoms with van der Waals surface area (Å²) in [4.78, 5) is 3.67. The van der Waals surface area contributed by atoms with Crippen LogP contribution in [0.25, 0.3) is 0 Å². The average Bonchev–Trinajstić information content (AvgIpc) is 2.39. The van der Waals surface area contributed by atoms with Gasteiger partial charge in [0.05, 0.1) is 0 Å². The van der Waals surface area contributed by atoms with Crippen molar-refractivity contribution in [2.24, 2.45) is 0 Å². The number of pyridine rings is 1. The molecule has 0 spiro atoms. The third-order valence-corrected chi connectivity index (χ3v) is 4.14. The van der Waals surface area contributed by atoms with Gasteiger partial charge in [-0.1, -0.05) is 6.07 Å². The van der Waals surface area contributed by atoms with Crippen molar-refractivity contribution >= 4 is 15.7 Å². The van der Waals surface area contributed by atoms with E-state index in [0.29, 0.717) is 6.42 Å². The molecule has 20 heavy (non-hydrogen) atoms. The van der Waals surface area contributed by atoms with E-state index in [-0.39, 0.29) is 12.2 Å². The smallest absolute Gasteiger partial charge is 0.243 e. The van der Waals surface area contributed by atoms with Crippen molar-refractivity contribution in [2.45, 2.75) is 11.3 Å². The summed E-state index contributed by atoms with van der Waals surface area (Å²) in [6.45, 7) is 0.142. The van der Waals surface area contributed by atoms with Crippen LogP contribution in [0.2, 0.25) is 0 Å². The van der Waals surface area contributed by atoms with Crippen molar-refractivity contribution in [3.8, 4) is 0 Å². The highest BCUT2D eigenvalue weighted by molar-refractivity contribution is 7.89. The molecule has 0 aliphatic rings. The number of hydrogen-bond donors (Lipinski definition) is 2. The SMILES string of the molecule is Nc1ccc(S(=O)(=O)NCCc2ccccn2)c(F)c1. The largest absolute Gasteiger partial charge is 0.399 e. The van der Waals surface area contributed by atoms with Gasteiger partial charge in [-0.15, -0.1) is 0 Å². The second kappa shape index (κ2) is 5.98. The molecule has 0 saturated heterocycles. The standard InChI is InChI=1S/C13H14FN3O2S/c14-12-9-10(15)4-5-13(12)20(18,19)17-8-6-11-3-1-2-7-16-11/h1-5,7,9,17H,6,8,15H2. The number of anilines is 1. The first-order valence-electron chi connectivity index (χ1n) is 5.93. The van der Waals surface area contributed by atoms with E-state index in [4.69, 9.17) is 5.73 Å². The average molecular weight is 295 g/mol. The highest BCUT2D eigenvalue weighted by Crippen LogP contribution is 2.16. The molecule has 0 aliphatic heterocycles. The molecule has 2 aromatic rings. The van der Waals surface area contributed by atoms with Crippen LogP contribution in [0, 0.1) is 5.82 Å². The molecule has 106 valence electrons. The molecular weight excluding hydrogens is 281 g/mol. The van der Waals surface area contributed by atoms with Crippen molar-refractivity contribution in [3.05, 3.63) is 54.1 Å². The zero-order chi connectivity index (χ0) is 14.6. The van der Waals surface area contributed by atoms with Gasteiger partial charge in [0.15, 0.2) is 0 Å². The van der Waals surface area contributed by atoms with Gasteiger partial charge in [-0.05, 0) is 30.3 Å². The summed E-state index contributed by atoms with van der Waals surface area (Å²) in [6.07, 6.45) is 2.06. The number of nitrogens with two attached hydrogens (primary N) is 1. The first-order valence-corrected chi connectivity index (χ1v) is 7.42. The van der Waals surface area contributed by atoms with Crippen LogP contribution in [0.1, 0.15) is 5.69 Å². The lowest BCUT2D eigenvalue weighted by Gasteiger charge is -2.08. The minimum atomic E-state index is -3.89. The van der Waals surface area contributed by atoms with Gasteiger partial charge in [0.1, 0.15) is 10.7 Å². The Labute approximate surface area is 116 Å². The second-order valence-electron chi connectivity index (χ2n) is 4.16. The number of nitrogen functional groups attached to an aromatic ring is 1. The molecule has 1 heterocycles. The van der Waals surface area contributed by atoms with Gasteiger partial charge in [0.2, 0.25) is 10.0 Å². The molecule has 0 bridgehead atoms. The summed E-state index contributed by atoms with van der Waals surface area (Å²) >= 11 is 0. The Morgan fingerprint density at radius 1 is 1.25 bits per heavy atom. The van der Waals surface area contributed by atoms with Crippen molar-refractivity contribution < 1.29 is 12.8 Å². The van der Waals surface area contributed by atoms with E-state index < -0.39 is 20.7 Å². The molecule has 0 fully saturated rings. The lowest BCUT2D eigenvalue weighted by Crippen LogP contribution is -2.27. The Hall–Kier alpha value is -1.99. The summed E-state index contributed by atoms with van der Waals surface area (Å²) in [5.41, 5.74) is 6.32. The lowest BCUT2D eigenvalue weighted by molar-refractivity contribution is 0.557. The molecule has 7 heteroatoms. The topological polar surface area (TPSA) is 85.1 Å². The number of halogens is 1. The Morgan fingerprint density at radius 3 is 2.70 bits per heavy atom. The van der Waals surface area contributed by atoms with Crippen molar-refractivity contribution in [3.63, 3.8) is 0 Å². The van der Waals surface area contributed by atoms with E-state index in [1.807, 2.05) is 6.07 Å². The minimum Gasteiger partial charge on any atom is -0.399 e. The van der Waals surface area contributed by atoms with Gasteiger partial charge in [-0.3, -0.25) is 4.98 Å². The first kappa shape index (κ1) is 14.4. The van der Waals surface area contributed by atoms with Crippen molar-refractivity contribution in [1.29, 1.82) is 0 Å². The maximum Gasteiger partial charge on any atom is 0.243 e. The van der Waals surface area contributed by atoms with E-state index in [9.17, 15) is 12.8 Å². The number of nitrogens with zero attached hydrogens (tertiary/aromatic N) is 1. The number of nitrogens with one attached hydrogen (secondary N) is 1. The molecule has 0 amide bonds. The monoisotopic (exact) mass is 295 g/mol. The second-order valence-corrected chi connectivity index (χ2v) is 5.89. The zero-order valence-electron chi connectivity index (χ0n) is 10.6. The molecule has 1 aromatic carbocycles. The zero-order valence-corrected chi connectivity index (χ0v) is 11.4. The molecule has 3 N–H and O–H groups in total. The lowest BCUT2D eigenvalue weighted by atomic mass is 10.3. The third kappa shape index (κ3) is 3.52. The van der Waals surface area contributed by atoms with Crippen LogP contribution in [0.15, 0.2) is 47.5 Å². The highest BCUT2D eigenvalue weighted by Gasteiger charge is 2.18. The van der Waals surface area contributed by atoms with E-state index >= 15 is 0 Å². The van der Waals surface area contributed by atoms with Gasteiger partial charge < -0.3 is 5.73 Å². The fourth-order valence-electron chi connectivity index (χ4n) is 1.67. The quantitative estimate of drug-likeness (QED) is 0.815. The van der Waals surface area contributed by atoms with Crippen LogP contribution in [-0.2, 0) is 16.4 Å². The molecule has 1 aromatic heterocycles. The van der Waals surface area contributed by atoms with Gasteiger partial charge in [-0.25, -0.2) is 17.5 Å². The molecule has 5 nitrogen and oxygen atoms in total. The number of hydrogen-bond acceptors (Lipinski definition) is 4. The Balaban J connectivity index is 2.04. The molecule has 2 rings (SSSR count). The van der Waals surface area contributed by atoms with Gasteiger partial charge in [-0.2, -0.15) is 0 Å². The molecule has 0 radical (unpaired) electrons. The maximum atomic E-state index is 13.6. The van der Waals surface area contributed by atoms with Crippen LogP contribution in [0.3, 0.4) is 0 Å². The van der Waals surface area contributed by atoms with Gasteiger partial charge >= 0.3 is 0 Å². The van der Waals surface area contributed by atoms with Crippen LogP contribution < -0.4 is 10.5 Å². The van der Waals surface area contributed by atoms with Gasteiger partial charge in [0, 0.05) is 30.5 Å². The Kier molecular flexibility index (Phi) is 4.31. The molecule has 0 unspecified atom stereocenters. The normalized spacial score (nSPS) is 11.4. The number of aromatic nitrogens is 1. The van der Waals surface area contributed by atoms with E-state index in [1.54, 1.807) is 18.3 Å². The summed E-state index contributed by atoms with van der Waals surface area (Å²) in [6, 6.07) is 8.85. The van der Waals surface area contributed by atoms with Crippen LogP contribution >= 0.6 is 0 Å². The Bertz CT molecular complexity index is 690. The summed E-state index contributed by atoms with van der Waals surface area (Å²) in [5.74, 6) is -0.865. The van der Waals surface area contributed by atoms with E-state index in [1.165, 1.54) is 6.07 Å². The summed E-state index contributed by atoms with van der Waals surface area (Å²) in [7, 11) is -3.89. The fourth-order valence-corrected chi connectivity index (χ4v) is 2.76. The number of benzene rings is 1. The molecule has 0 saturated carbocycles. The minimum absolute atomic E-state index is 0.142. The maximum absolute atomic E-state index is 13.6. The predicted octanol–water partition coefficient (Wildman–Crippen LogP) is 1.32. The highest BCUT2D eigenvalue weighted by atomic mass is 32.2. The third-order valence-electron chi connectivity index (χ3n) is 2.64. The first-order chi connectivity index (χ1) is 9.49. The van der Waals surface area contributed by atoms with E-state index in [0.717, 1.165) is 17.8 Å².